The number of hydrogen-bond donors (Lipinski definition) is 2. The van der Waals surface area contributed by atoms with Crippen molar-refractivity contribution in [3.8, 4) is 0 Å². The zero-order chi connectivity index (χ0) is 11.9. The molecule has 5 heteroatoms. The van der Waals surface area contributed by atoms with Crippen molar-refractivity contribution in [2.45, 2.75) is 16.7 Å². The second-order valence-corrected chi connectivity index (χ2v) is 5.55. The summed E-state index contributed by atoms with van der Waals surface area (Å²) >= 11 is 4.21. The molecule has 84 valence electrons. The Bertz CT molecular complexity index is 660. The molecule has 2 rings (SSSR count). The van der Waals surface area contributed by atoms with Crippen LogP contribution in [0.2, 0.25) is 0 Å². The van der Waals surface area contributed by atoms with Gasteiger partial charge in [0.05, 0.1) is 4.90 Å². The van der Waals surface area contributed by atoms with E-state index in [0.717, 1.165) is 16.3 Å². The predicted octanol–water partition coefficient (Wildman–Crippen LogP) is 2.68. The van der Waals surface area contributed by atoms with Gasteiger partial charge < -0.3 is 0 Å². The van der Waals surface area contributed by atoms with E-state index in [0.29, 0.717) is 4.90 Å². The molecule has 0 radical (unpaired) electrons. The van der Waals surface area contributed by atoms with Crippen molar-refractivity contribution >= 4 is 33.5 Å². The van der Waals surface area contributed by atoms with Gasteiger partial charge in [0.2, 0.25) is 0 Å². The maximum Gasteiger partial charge on any atom is 0.294 e. The lowest BCUT2D eigenvalue weighted by molar-refractivity contribution is 0.483. The second kappa shape index (κ2) is 3.76. The van der Waals surface area contributed by atoms with E-state index in [4.69, 9.17) is 4.55 Å². The van der Waals surface area contributed by atoms with Crippen LogP contribution in [-0.2, 0) is 10.1 Å². The van der Waals surface area contributed by atoms with Gasteiger partial charge in [-0.3, -0.25) is 4.55 Å². The summed E-state index contributed by atoms with van der Waals surface area (Å²) in [6.07, 6.45) is 0. The molecule has 0 unspecified atom stereocenters. The highest BCUT2D eigenvalue weighted by Crippen LogP contribution is 2.26. The van der Waals surface area contributed by atoms with E-state index in [2.05, 4.69) is 12.6 Å². The molecule has 0 aliphatic rings. The molecule has 0 fully saturated rings. The molecule has 1 N–H and O–H groups in total. The highest BCUT2D eigenvalue weighted by molar-refractivity contribution is 7.86. The summed E-state index contributed by atoms with van der Waals surface area (Å²) in [4.78, 5) is 0.403. The Labute approximate surface area is 99.3 Å². The second-order valence-electron chi connectivity index (χ2n) is 3.64. The van der Waals surface area contributed by atoms with Gasteiger partial charge >= 0.3 is 0 Å². The highest BCUT2D eigenvalue weighted by Gasteiger charge is 2.12. The number of thiol groups is 1. The predicted molar refractivity (Wildman–Crippen MR) is 65.8 cm³/mol. The molecule has 0 bridgehead atoms. The van der Waals surface area contributed by atoms with Crippen molar-refractivity contribution in [1.29, 1.82) is 0 Å². The van der Waals surface area contributed by atoms with Crippen molar-refractivity contribution in [3.05, 3.63) is 35.9 Å². The van der Waals surface area contributed by atoms with Crippen molar-refractivity contribution in [2.75, 3.05) is 0 Å². The highest BCUT2D eigenvalue weighted by atomic mass is 32.2. The first kappa shape index (κ1) is 11.4. The Morgan fingerprint density at radius 1 is 1.19 bits per heavy atom. The fraction of sp³-hybridized carbons (Fsp3) is 0.0909. The smallest absolute Gasteiger partial charge is 0.282 e. The summed E-state index contributed by atoms with van der Waals surface area (Å²) in [5, 5.41) is 1.61. The minimum absolute atomic E-state index is 0.129. The minimum Gasteiger partial charge on any atom is -0.282 e. The lowest BCUT2D eigenvalue weighted by Gasteiger charge is -2.05. The van der Waals surface area contributed by atoms with E-state index in [1.165, 1.54) is 12.1 Å². The molecular formula is C11H10O3S2. The van der Waals surface area contributed by atoms with E-state index < -0.39 is 10.1 Å². The van der Waals surface area contributed by atoms with Crippen molar-refractivity contribution in [2.24, 2.45) is 0 Å². The molecule has 0 atom stereocenters. The van der Waals surface area contributed by atoms with Crippen LogP contribution in [0, 0.1) is 6.92 Å². The molecule has 0 saturated heterocycles. The molecule has 0 amide bonds. The average molecular weight is 254 g/mol. The summed E-state index contributed by atoms with van der Waals surface area (Å²) in [6.45, 7) is 1.91. The first-order chi connectivity index (χ1) is 7.38. The van der Waals surface area contributed by atoms with E-state index in [9.17, 15) is 8.42 Å². The molecule has 0 saturated carbocycles. The Hall–Kier alpha value is -1.04. The van der Waals surface area contributed by atoms with Crippen LogP contribution in [0.25, 0.3) is 10.8 Å². The molecule has 3 nitrogen and oxygen atoms in total. The topological polar surface area (TPSA) is 54.4 Å². The van der Waals surface area contributed by atoms with E-state index in [-0.39, 0.29) is 4.90 Å². The van der Waals surface area contributed by atoms with Crippen LogP contribution in [0.1, 0.15) is 5.56 Å². The fourth-order valence-corrected chi connectivity index (χ4v) is 2.56. The third-order valence-corrected chi connectivity index (χ3v) is 3.56. The monoisotopic (exact) mass is 254 g/mol. The summed E-state index contributed by atoms with van der Waals surface area (Å²) in [5.74, 6) is 0. The molecular weight excluding hydrogens is 244 g/mol. The number of rotatable bonds is 1. The van der Waals surface area contributed by atoms with Crippen LogP contribution in [0.5, 0.6) is 0 Å². The minimum atomic E-state index is -4.18. The molecule has 0 aliphatic carbocycles. The lowest BCUT2D eigenvalue weighted by Crippen LogP contribution is -1.98. The van der Waals surface area contributed by atoms with Gasteiger partial charge in [-0.15, -0.1) is 12.6 Å². The number of fused-ring (bicyclic) bond motifs is 1. The van der Waals surface area contributed by atoms with E-state index in [1.54, 1.807) is 0 Å². The summed E-state index contributed by atoms with van der Waals surface area (Å²) in [6, 6.07) is 8.44. The summed E-state index contributed by atoms with van der Waals surface area (Å²) in [7, 11) is -4.18. The molecule has 0 aromatic heterocycles. The van der Waals surface area contributed by atoms with E-state index >= 15 is 0 Å². The van der Waals surface area contributed by atoms with Gasteiger partial charge in [-0.2, -0.15) is 8.42 Å². The largest absolute Gasteiger partial charge is 0.294 e. The standard InChI is InChI=1S/C11H10O3S2/c1-7-2-3-10-8(4-7)5-9(6-11(10)15)16(12,13)14/h2-6,15H,1H3,(H,12,13,14). The van der Waals surface area contributed by atoms with Crippen LogP contribution in [0.15, 0.2) is 40.1 Å². The molecule has 16 heavy (non-hydrogen) atoms. The number of hydrogen-bond acceptors (Lipinski definition) is 3. The Balaban J connectivity index is 2.85. The summed E-state index contributed by atoms with van der Waals surface area (Å²) in [5.41, 5.74) is 1.02. The zero-order valence-electron chi connectivity index (χ0n) is 8.51. The number of aryl methyl sites for hydroxylation is 1. The normalized spacial score (nSPS) is 11.9. The van der Waals surface area contributed by atoms with Gasteiger partial charge in [-0.1, -0.05) is 23.8 Å². The maximum absolute atomic E-state index is 11.0. The Morgan fingerprint density at radius 2 is 1.88 bits per heavy atom. The Morgan fingerprint density at radius 3 is 2.50 bits per heavy atom. The number of benzene rings is 2. The van der Waals surface area contributed by atoms with E-state index in [1.807, 2.05) is 25.1 Å². The first-order valence-corrected chi connectivity index (χ1v) is 6.47. The van der Waals surface area contributed by atoms with Crippen molar-refractivity contribution in [3.63, 3.8) is 0 Å². The Kier molecular flexibility index (Phi) is 2.69. The van der Waals surface area contributed by atoms with Crippen LogP contribution in [-0.4, -0.2) is 13.0 Å². The first-order valence-electron chi connectivity index (χ1n) is 4.59. The molecule has 2 aromatic carbocycles. The third kappa shape index (κ3) is 2.07. The zero-order valence-corrected chi connectivity index (χ0v) is 10.2. The molecule has 0 spiro atoms. The van der Waals surface area contributed by atoms with Gasteiger partial charge in [0.1, 0.15) is 0 Å². The van der Waals surface area contributed by atoms with Gasteiger partial charge in [-0.05, 0) is 29.8 Å². The van der Waals surface area contributed by atoms with Gasteiger partial charge in [0.15, 0.2) is 0 Å². The quantitative estimate of drug-likeness (QED) is 0.607. The maximum atomic E-state index is 11.0. The summed E-state index contributed by atoms with van der Waals surface area (Å²) < 4.78 is 31.1. The SMILES string of the molecule is Cc1ccc2c(S)cc(S(=O)(=O)O)cc2c1. The van der Waals surface area contributed by atoms with Gasteiger partial charge in [0.25, 0.3) is 10.1 Å². The lowest BCUT2D eigenvalue weighted by atomic mass is 10.1. The molecule has 0 heterocycles. The van der Waals surface area contributed by atoms with Gasteiger partial charge in [0, 0.05) is 4.90 Å². The van der Waals surface area contributed by atoms with Crippen LogP contribution >= 0.6 is 12.6 Å². The molecule has 0 aliphatic heterocycles. The fourth-order valence-electron chi connectivity index (χ4n) is 1.59. The van der Waals surface area contributed by atoms with Crippen molar-refractivity contribution < 1.29 is 13.0 Å². The third-order valence-electron chi connectivity index (χ3n) is 2.36. The van der Waals surface area contributed by atoms with Crippen LogP contribution in [0.4, 0.5) is 0 Å². The van der Waals surface area contributed by atoms with Crippen molar-refractivity contribution in [1.82, 2.24) is 0 Å². The van der Waals surface area contributed by atoms with Gasteiger partial charge in [-0.25, -0.2) is 0 Å². The van der Waals surface area contributed by atoms with Crippen LogP contribution < -0.4 is 0 Å². The average Bonchev–Trinajstić information content (AvgIpc) is 2.15. The van der Waals surface area contributed by atoms with Crippen LogP contribution in [0.3, 0.4) is 0 Å². The molecule has 2 aromatic rings.